The van der Waals surface area contributed by atoms with Crippen LogP contribution in [0, 0.1) is 11.3 Å². The Labute approximate surface area is 262 Å². The van der Waals surface area contributed by atoms with E-state index in [2.05, 4.69) is 15.4 Å². The van der Waals surface area contributed by atoms with Crippen molar-refractivity contribution in [3.05, 3.63) is 60.2 Å². The van der Waals surface area contributed by atoms with Crippen LogP contribution in [0.25, 0.3) is 0 Å². The molecule has 1 aliphatic carbocycles. The van der Waals surface area contributed by atoms with E-state index in [0.29, 0.717) is 50.6 Å². The maximum atomic E-state index is 13.6. The van der Waals surface area contributed by atoms with Gasteiger partial charge in [-0.25, -0.2) is 13.2 Å². The Bertz CT molecular complexity index is 1410. The quantitative estimate of drug-likeness (QED) is 0.116. The lowest BCUT2D eigenvalue weighted by Gasteiger charge is -2.32. The highest BCUT2D eigenvalue weighted by Crippen LogP contribution is 2.43. The predicted octanol–water partition coefficient (Wildman–Crippen LogP) is 1.75. The van der Waals surface area contributed by atoms with Crippen LogP contribution in [-0.2, 0) is 35.6 Å². The van der Waals surface area contributed by atoms with Gasteiger partial charge in [0.15, 0.2) is 0 Å². The summed E-state index contributed by atoms with van der Waals surface area (Å²) in [6.07, 6.45) is 2.94. The second-order valence-corrected chi connectivity index (χ2v) is 13.2. The fourth-order valence-electron chi connectivity index (χ4n) is 5.61. The fraction of sp³-hybridized carbons (Fsp3) is 0.484. The zero-order valence-electron chi connectivity index (χ0n) is 25.0. The molecular formula is C31H42N4O9S. The van der Waals surface area contributed by atoms with Crippen LogP contribution in [0.5, 0.6) is 5.75 Å². The SMILES string of the molecule is NCCCC[C@H](NS(=O)(=O)c1ccccc1)C(=O)NCC(CC1(C(=O)N[C@@H](Cc2ccc(O)cc2)C(=O)O)CCCC1)C(=O)O. The topological polar surface area (TPSA) is 225 Å². The molecule has 1 aliphatic rings. The number of nitrogens with one attached hydrogen (secondary N) is 3. The van der Waals surface area contributed by atoms with Crippen molar-refractivity contribution in [1.82, 2.24) is 15.4 Å². The van der Waals surface area contributed by atoms with Crippen molar-refractivity contribution in [2.24, 2.45) is 17.1 Å². The Morgan fingerprint density at radius 1 is 0.889 bits per heavy atom. The molecule has 1 fully saturated rings. The molecular weight excluding hydrogens is 604 g/mol. The Morgan fingerprint density at radius 3 is 2.11 bits per heavy atom. The lowest BCUT2D eigenvalue weighted by atomic mass is 9.76. The minimum absolute atomic E-state index is 0.0156. The third-order valence-corrected chi connectivity index (χ3v) is 9.63. The Morgan fingerprint density at radius 2 is 1.53 bits per heavy atom. The zero-order chi connectivity index (χ0) is 33.0. The van der Waals surface area contributed by atoms with Crippen LogP contribution in [0.2, 0.25) is 0 Å². The van der Waals surface area contributed by atoms with Gasteiger partial charge in [-0.2, -0.15) is 4.72 Å². The highest BCUT2D eigenvalue weighted by molar-refractivity contribution is 7.89. The number of rotatable bonds is 18. The number of unbranched alkanes of at least 4 members (excludes halogenated alkanes) is 1. The number of carboxylic acid groups (broad SMARTS) is 2. The van der Waals surface area contributed by atoms with Crippen molar-refractivity contribution in [3.8, 4) is 5.75 Å². The number of hydrogen-bond acceptors (Lipinski definition) is 8. The van der Waals surface area contributed by atoms with Crippen molar-refractivity contribution in [2.75, 3.05) is 13.1 Å². The van der Waals surface area contributed by atoms with Gasteiger partial charge in [-0.15, -0.1) is 0 Å². The maximum absolute atomic E-state index is 13.6. The summed E-state index contributed by atoms with van der Waals surface area (Å²) in [5.74, 6) is -4.97. The van der Waals surface area contributed by atoms with Gasteiger partial charge in [-0.3, -0.25) is 14.4 Å². The summed E-state index contributed by atoms with van der Waals surface area (Å²) in [6.45, 7) is -0.0117. The van der Waals surface area contributed by atoms with Crippen molar-refractivity contribution < 1.29 is 42.9 Å². The standard InChI is InChI=1S/C31H42N4O9S/c32-17-7-4-10-25(35-45(43,44)24-8-2-1-3-9-24)27(37)33-20-22(28(38)39)19-31(15-5-6-16-31)30(42)34-26(29(40)41)18-21-11-13-23(36)14-12-21/h1-3,8-9,11-14,22,25-26,35-36H,4-7,10,15-20,32H2,(H,33,37)(H,34,42)(H,38,39)(H,40,41)/t22?,25-,26-/m0/s1. The fourth-order valence-corrected chi connectivity index (χ4v) is 6.86. The third-order valence-electron chi connectivity index (χ3n) is 8.15. The molecule has 2 aromatic carbocycles. The number of aliphatic carboxylic acids is 2. The van der Waals surface area contributed by atoms with Crippen LogP contribution >= 0.6 is 0 Å². The van der Waals surface area contributed by atoms with Gasteiger partial charge in [0.05, 0.1) is 16.2 Å². The first kappa shape index (κ1) is 35.5. The van der Waals surface area contributed by atoms with Crippen molar-refractivity contribution in [3.63, 3.8) is 0 Å². The van der Waals surface area contributed by atoms with Crippen molar-refractivity contribution in [1.29, 1.82) is 0 Å². The molecule has 1 saturated carbocycles. The summed E-state index contributed by atoms with van der Waals surface area (Å²) in [6, 6.07) is 11.0. The van der Waals surface area contributed by atoms with Gasteiger partial charge in [-0.1, -0.05) is 49.6 Å². The van der Waals surface area contributed by atoms with Gasteiger partial charge >= 0.3 is 11.9 Å². The smallest absolute Gasteiger partial charge is 0.326 e. The number of carbonyl (C=O) groups is 4. The summed E-state index contributed by atoms with van der Waals surface area (Å²) < 4.78 is 28.3. The Balaban J connectivity index is 1.72. The number of carboxylic acids is 2. The van der Waals surface area contributed by atoms with Gasteiger partial charge in [0.2, 0.25) is 21.8 Å². The van der Waals surface area contributed by atoms with Gasteiger partial charge in [-0.05, 0) is 68.5 Å². The van der Waals surface area contributed by atoms with Crippen LogP contribution < -0.4 is 21.1 Å². The first-order valence-corrected chi connectivity index (χ1v) is 16.4. The first-order chi connectivity index (χ1) is 21.4. The highest BCUT2D eigenvalue weighted by atomic mass is 32.2. The molecule has 14 heteroatoms. The van der Waals surface area contributed by atoms with Crippen LogP contribution in [-0.4, -0.2) is 72.7 Å². The molecule has 0 radical (unpaired) electrons. The largest absolute Gasteiger partial charge is 0.508 e. The zero-order valence-corrected chi connectivity index (χ0v) is 25.8. The van der Waals surface area contributed by atoms with Crippen molar-refractivity contribution >= 4 is 33.8 Å². The van der Waals surface area contributed by atoms with Gasteiger partial charge < -0.3 is 31.7 Å². The van der Waals surface area contributed by atoms with E-state index in [-0.39, 0.29) is 36.5 Å². The summed E-state index contributed by atoms with van der Waals surface area (Å²) >= 11 is 0. The molecule has 13 nitrogen and oxygen atoms in total. The number of amides is 2. The average molecular weight is 647 g/mol. The lowest BCUT2D eigenvalue weighted by Crippen LogP contribution is -2.51. The molecule has 2 amide bonds. The van der Waals surface area contributed by atoms with Crippen molar-refractivity contribution in [2.45, 2.75) is 74.8 Å². The average Bonchev–Trinajstić information content (AvgIpc) is 3.49. The van der Waals surface area contributed by atoms with E-state index in [9.17, 15) is 42.9 Å². The number of aromatic hydroxyl groups is 1. The lowest BCUT2D eigenvalue weighted by molar-refractivity contribution is -0.147. The molecule has 2 aromatic rings. The van der Waals surface area contributed by atoms with Gasteiger partial charge in [0, 0.05) is 13.0 Å². The number of sulfonamides is 1. The van der Waals surface area contributed by atoms with Crippen LogP contribution in [0.1, 0.15) is 56.9 Å². The highest BCUT2D eigenvalue weighted by Gasteiger charge is 2.45. The second-order valence-electron chi connectivity index (χ2n) is 11.5. The molecule has 45 heavy (non-hydrogen) atoms. The number of phenolic OH excluding ortho intramolecular Hbond substituents is 1. The molecule has 0 spiro atoms. The number of phenols is 1. The van der Waals surface area contributed by atoms with Crippen LogP contribution in [0.15, 0.2) is 59.5 Å². The van der Waals surface area contributed by atoms with E-state index in [1.165, 1.54) is 24.3 Å². The van der Waals surface area contributed by atoms with Crippen LogP contribution in [0.3, 0.4) is 0 Å². The molecule has 246 valence electrons. The van der Waals surface area contributed by atoms with E-state index in [1.807, 2.05) is 0 Å². The minimum Gasteiger partial charge on any atom is -0.508 e. The summed E-state index contributed by atoms with van der Waals surface area (Å²) in [5, 5.41) is 34.5. The molecule has 0 heterocycles. The monoisotopic (exact) mass is 646 g/mol. The number of nitrogens with two attached hydrogens (primary N) is 1. The molecule has 0 saturated heterocycles. The van der Waals surface area contributed by atoms with Gasteiger partial charge in [0.25, 0.3) is 0 Å². The normalized spacial score (nSPS) is 16.3. The molecule has 3 atom stereocenters. The number of carbonyl (C=O) groups excluding carboxylic acids is 2. The summed E-state index contributed by atoms with van der Waals surface area (Å²) in [4.78, 5) is 51.1. The van der Waals surface area contributed by atoms with E-state index >= 15 is 0 Å². The number of hydrogen-bond donors (Lipinski definition) is 7. The van der Waals surface area contributed by atoms with E-state index < -0.39 is 57.2 Å². The van der Waals surface area contributed by atoms with E-state index in [1.54, 1.807) is 30.3 Å². The molecule has 0 aliphatic heterocycles. The minimum atomic E-state index is -4.05. The third kappa shape index (κ3) is 10.3. The molecule has 3 rings (SSSR count). The van der Waals surface area contributed by atoms with Gasteiger partial charge in [0.1, 0.15) is 17.8 Å². The summed E-state index contributed by atoms with van der Waals surface area (Å²) in [7, 11) is -4.05. The second kappa shape index (κ2) is 16.3. The number of benzene rings is 2. The maximum Gasteiger partial charge on any atom is 0.326 e. The Kier molecular flexibility index (Phi) is 12.9. The van der Waals surface area contributed by atoms with E-state index in [4.69, 9.17) is 5.73 Å². The Hall–Kier alpha value is -4.01. The predicted molar refractivity (Wildman–Crippen MR) is 164 cm³/mol. The molecule has 0 aromatic heterocycles. The first-order valence-electron chi connectivity index (χ1n) is 15.0. The van der Waals surface area contributed by atoms with Crippen LogP contribution in [0.4, 0.5) is 0 Å². The molecule has 1 unspecified atom stereocenters. The summed E-state index contributed by atoms with van der Waals surface area (Å²) in [5.41, 5.74) is 4.99. The molecule has 8 N–H and O–H groups in total. The van der Waals surface area contributed by atoms with E-state index in [0.717, 1.165) is 0 Å². The molecule has 0 bridgehead atoms.